The van der Waals surface area contributed by atoms with Crippen molar-refractivity contribution in [2.45, 2.75) is 26.4 Å². The summed E-state index contributed by atoms with van der Waals surface area (Å²) in [5.41, 5.74) is 2.25. The first-order chi connectivity index (χ1) is 17.0. The average Bonchev–Trinajstić information content (AvgIpc) is 2.84. The Morgan fingerprint density at radius 1 is 0.886 bits per heavy atom. The fourth-order valence-electron chi connectivity index (χ4n) is 4.90. The highest BCUT2D eigenvalue weighted by Gasteiger charge is 2.27. The molecular weight excluding hydrogens is 445 g/mol. The molecule has 0 radical (unpaired) electrons. The van der Waals surface area contributed by atoms with E-state index in [2.05, 4.69) is 14.7 Å². The normalized spacial score (nSPS) is 15.5. The van der Waals surface area contributed by atoms with Gasteiger partial charge in [0.05, 0.1) is 11.8 Å². The zero-order valence-corrected chi connectivity index (χ0v) is 20.3. The quantitative estimate of drug-likeness (QED) is 0.466. The van der Waals surface area contributed by atoms with Crippen molar-refractivity contribution >= 4 is 17.1 Å². The SMILES string of the molecule is CC(C)Oc1cccc(F)c1N1CCN(CCCN2c3ccccc3Oc3cccc(O)c32)CC1. The molecule has 7 heteroatoms. The molecule has 5 rings (SSSR count). The second-order valence-electron chi connectivity index (χ2n) is 9.28. The van der Waals surface area contributed by atoms with Crippen LogP contribution in [0.3, 0.4) is 0 Å². The van der Waals surface area contributed by atoms with Gasteiger partial charge in [0.25, 0.3) is 0 Å². The maximum absolute atomic E-state index is 14.7. The Morgan fingerprint density at radius 2 is 1.63 bits per heavy atom. The van der Waals surface area contributed by atoms with E-state index in [9.17, 15) is 9.50 Å². The lowest BCUT2D eigenvalue weighted by Gasteiger charge is -2.38. The molecule has 1 fully saturated rings. The molecule has 1 saturated heterocycles. The fraction of sp³-hybridized carbons (Fsp3) is 0.357. The number of ether oxygens (including phenoxy) is 2. The van der Waals surface area contributed by atoms with Crippen molar-refractivity contribution in [1.29, 1.82) is 0 Å². The third-order valence-electron chi connectivity index (χ3n) is 6.48. The van der Waals surface area contributed by atoms with Crippen LogP contribution in [0.2, 0.25) is 0 Å². The first kappa shape index (κ1) is 23.3. The molecule has 184 valence electrons. The van der Waals surface area contributed by atoms with Crippen LogP contribution in [-0.4, -0.2) is 55.4 Å². The number of benzene rings is 3. The van der Waals surface area contributed by atoms with Crippen molar-refractivity contribution in [3.05, 3.63) is 66.5 Å². The molecule has 3 aromatic rings. The van der Waals surface area contributed by atoms with Crippen LogP contribution in [0.4, 0.5) is 21.5 Å². The molecule has 0 amide bonds. The summed E-state index contributed by atoms with van der Waals surface area (Å²) < 4.78 is 26.6. The number of fused-ring (bicyclic) bond motifs is 2. The number of halogens is 1. The molecule has 2 aliphatic heterocycles. The molecule has 0 atom stereocenters. The summed E-state index contributed by atoms with van der Waals surface area (Å²) in [4.78, 5) is 6.66. The van der Waals surface area contributed by atoms with E-state index in [1.807, 2.05) is 50.2 Å². The van der Waals surface area contributed by atoms with Crippen LogP contribution in [0.15, 0.2) is 60.7 Å². The van der Waals surface area contributed by atoms with Crippen molar-refractivity contribution in [3.8, 4) is 23.0 Å². The molecule has 0 bridgehead atoms. The largest absolute Gasteiger partial charge is 0.506 e. The van der Waals surface area contributed by atoms with Crippen LogP contribution in [0.25, 0.3) is 0 Å². The molecule has 2 heterocycles. The van der Waals surface area contributed by atoms with Gasteiger partial charge in [0.15, 0.2) is 11.5 Å². The summed E-state index contributed by atoms with van der Waals surface area (Å²) in [6.45, 7) is 8.80. The van der Waals surface area contributed by atoms with Gasteiger partial charge in [-0.3, -0.25) is 4.90 Å². The third-order valence-corrected chi connectivity index (χ3v) is 6.48. The molecular formula is C28H32FN3O3. The van der Waals surface area contributed by atoms with Gasteiger partial charge in [0, 0.05) is 32.7 Å². The molecule has 0 spiro atoms. The Kier molecular flexibility index (Phi) is 6.68. The average molecular weight is 478 g/mol. The number of nitrogens with zero attached hydrogens (tertiary/aromatic N) is 3. The zero-order valence-electron chi connectivity index (χ0n) is 20.3. The zero-order chi connectivity index (χ0) is 24.4. The molecule has 0 aliphatic carbocycles. The third kappa shape index (κ3) is 4.86. The van der Waals surface area contributed by atoms with Gasteiger partial charge >= 0.3 is 0 Å². The molecule has 3 aromatic carbocycles. The van der Waals surface area contributed by atoms with E-state index in [0.29, 0.717) is 22.9 Å². The standard InChI is InChI=1S/C28H32FN3O3/c1-20(2)34-25-12-5-8-21(29)27(25)31-18-16-30(17-19-31)14-7-15-32-22-9-3-4-11-24(22)35-26-13-6-10-23(33)28(26)32/h3-6,8-13,20,33H,7,14-19H2,1-2H3. The molecule has 1 N–H and O–H groups in total. The smallest absolute Gasteiger partial charge is 0.155 e. The summed E-state index contributed by atoms with van der Waals surface area (Å²) in [6, 6.07) is 18.3. The Bertz CT molecular complexity index is 1180. The van der Waals surface area contributed by atoms with Gasteiger partial charge in [-0.15, -0.1) is 0 Å². The van der Waals surface area contributed by atoms with Crippen LogP contribution in [0.1, 0.15) is 20.3 Å². The minimum Gasteiger partial charge on any atom is -0.506 e. The molecule has 0 aromatic heterocycles. The first-order valence-corrected chi connectivity index (χ1v) is 12.3. The molecule has 0 saturated carbocycles. The van der Waals surface area contributed by atoms with E-state index in [1.165, 1.54) is 6.07 Å². The first-order valence-electron chi connectivity index (χ1n) is 12.3. The monoisotopic (exact) mass is 477 g/mol. The van der Waals surface area contributed by atoms with Crippen LogP contribution in [0.5, 0.6) is 23.0 Å². The number of piperazine rings is 1. The summed E-state index contributed by atoms with van der Waals surface area (Å²) >= 11 is 0. The van der Waals surface area contributed by atoms with Crippen molar-refractivity contribution < 1.29 is 19.0 Å². The lowest BCUT2D eigenvalue weighted by atomic mass is 10.1. The highest BCUT2D eigenvalue weighted by atomic mass is 19.1. The predicted molar refractivity (Wildman–Crippen MR) is 137 cm³/mol. The number of aromatic hydroxyl groups is 1. The van der Waals surface area contributed by atoms with E-state index >= 15 is 0 Å². The molecule has 35 heavy (non-hydrogen) atoms. The fourth-order valence-corrected chi connectivity index (χ4v) is 4.90. The van der Waals surface area contributed by atoms with E-state index in [4.69, 9.17) is 9.47 Å². The van der Waals surface area contributed by atoms with Gasteiger partial charge in [0.1, 0.15) is 28.7 Å². The minimum atomic E-state index is -0.235. The lowest BCUT2D eigenvalue weighted by Crippen LogP contribution is -2.47. The maximum atomic E-state index is 14.7. The summed E-state index contributed by atoms with van der Waals surface area (Å²) in [5.74, 6) is 2.05. The second-order valence-corrected chi connectivity index (χ2v) is 9.28. The van der Waals surface area contributed by atoms with Gasteiger partial charge in [-0.2, -0.15) is 0 Å². The summed E-state index contributed by atoms with van der Waals surface area (Å²) in [5, 5.41) is 10.6. The van der Waals surface area contributed by atoms with Crippen LogP contribution >= 0.6 is 0 Å². The van der Waals surface area contributed by atoms with Crippen LogP contribution in [0, 0.1) is 5.82 Å². The van der Waals surface area contributed by atoms with Crippen LogP contribution in [-0.2, 0) is 0 Å². The number of phenolic OH excluding ortho intramolecular Hbond substituents is 1. The highest BCUT2D eigenvalue weighted by molar-refractivity contribution is 5.81. The topological polar surface area (TPSA) is 48.4 Å². The van der Waals surface area contributed by atoms with Crippen molar-refractivity contribution in [3.63, 3.8) is 0 Å². The van der Waals surface area contributed by atoms with Gasteiger partial charge in [-0.25, -0.2) is 4.39 Å². The van der Waals surface area contributed by atoms with Crippen molar-refractivity contribution in [1.82, 2.24) is 4.90 Å². The Morgan fingerprint density at radius 3 is 2.43 bits per heavy atom. The maximum Gasteiger partial charge on any atom is 0.155 e. The van der Waals surface area contributed by atoms with Gasteiger partial charge < -0.3 is 24.4 Å². The molecule has 2 aliphatic rings. The van der Waals surface area contributed by atoms with Crippen molar-refractivity contribution in [2.24, 2.45) is 0 Å². The number of para-hydroxylation sites is 4. The predicted octanol–water partition coefficient (Wildman–Crippen LogP) is 5.77. The molecule has 0 unspecified atom stereocenters. The summed E-state index contributed by atoms with van der Waals surface area (Å²) in [7, 11) is 0. The minimum absolute atomic E-state index is 0.00766. The number of anilines is 3. The van der Waals surface area contributed by atoms with Gasteiger partial charge in [-0.05, 0) is 63.2 Å². The van der Waals surface area contributed by atoms with E-state index < -0.39 is 0 Å². The van der Waals surface area contributed by atoms with E-state index in [-0.39, 0.29) is 17.7 Å². The van der Waals surface area contributed by atoms with E-state index in [0.717, 1.165) is 57.1 Å². The summed E-state index contributed by atoms with van der Waals surface area (Å²) in [6.07, 6.45) is 0.912. The number of hydrogen-bond donors (Lipinski definition) is 1. The number of phenols is 1. The number of hydrogen-bond acceptors (Lipinski definition) is 6. The van der Waals surface area contributed by atoms with Gasteiger partial charge in [0.2, 0.25) is 0 Å². The molecule has 6 nitrogen and oxygen atoms in total. The van der Waals surface area contributed by atoms with Gasteiger partial charge in [-0.1, -0.05) is 24.3 Å². The lowest BCUT2D eigenvalue weighted by molar-refractivity contribution is 0.236. The van der Waals surface area contributed by atoms with E-state index in [1.54, 1.807) is 18.2 Å². The second kappa shape index (κ2) is 10.0. The van der Waals surface area contributed by atoms with Crippen molar-refractivity contribution in [2.75, 3.05) is 49.1 Å². The Balaban J connectivity index is 1.22. The number of rotatable bonds is 7. The Hall–Kier alpha value is -3.45. The van der Waals surface area contributed by atoms with Crippen LogP contribution < -0.4 is 19.3 Å². The Labute approximate surface area is 206 Å². The highest BCUT2D eigenvalue weighted by Crippen LogP contribution is 2.50.